The van der Waals surface area contributed by atoms with Crippen LogP contribution in [0.5, 0.6) is 11.5 Å². The molecule has 0 aliphatic heterocycles. The van der Waals surface area contributed by atoms with Gasteiger partial charge in [0.05, 0.1) is 32.6 Å². The molecule has 4 aromatic carbocycles. The molecule has 0 fully saturated rings. The van der Waals surface area contributed by atoms with Crippen molar-refractivity contribution in [2.24, 2.45) is 0 Å². The molecule has 0 saturated carbocycles. The molecule has 0 spiro atoms. The van der Waals surface area contributed by atoms with Crippen LogP contribution < -0.4 is 9.64 Å². The zero-order valence-electron chi connectivity index (χ0n) is 22.0. The zero-order valence-corrected chi connectivity index (χ0v) is 22.0. The summed E-state index contributed by atoms with van der Waals surface area (Å²) in [5, 5.41) is 55.8. The van der Waals surface area contributed by atoms with Crippen molar-refractivity contribution in [1.29, 1.82) is 0 Å². The number of anilines is 3. The molecule has 0 aromatic heterocycles. The second kappa shape index (κ2) is 11.4. The van der Waals surface area contributed by atoms with E-state index < -0.39 is 43.4 Å². The number of nitrogens with zero attached hydrogens (tertiary/aromatic N) is 4. The summed E-state index contributed by atoms with van der Waals surface area (Å²) < 4.78 is 5.82. The van der Waals surface area contributed by atoms with Crippen molar-refractivity contribution in [3.8, 4) is 11.5 Å². The van der Waals surface area contributed by atoms with Gasteiger partial charge in [-0.05, 0) is 68.4 Å². The van der Waals surface area contributed by atoms with Crippen LogP contribution in [-0.2, 0) is 5.79 Å². The minimum absolute atomic E-state index is 0.0289. The van der Waals surface area contributed by atoms with Gasteiger partial charge in [-0.1, -0.05) is 18.2 Å². The first-order valence-corrected chi connectivity index (χ1v) is 12.1. The van der Waals surface area contributed by atoms with E-state index in [1.54, 1.807) is 59.5 Å². The lowest BCUT2D eigenvalue weighted by atomic mass is 10.0. The van der Waals surface area contributed by atoms with Crippen molar-refractivity contribution in [3.05, 3.63) is 126 Å². The summed E-state index contributed by atoms with van der Waals surface area (Å²) in [7, 11) is 0. The number of non-ortho nitro benzene ring substituents is 1. The van der Waals surface area contributed by atoms with E-state index in [9.17, 15) is 45.4 Å². The summed E-state index contributed by atoms with van der Waals surface area (Å²) in [4.78, 5) is 45.4. The van der Waals surface area contributed by atoms with Crippen LogP contribution >= 0.6 is 0 Å². The van der Waals surface area contributed by atoms with Crippen LogP contribution in [-0.4, -0.2) is 30.8 Å². The minimum Gasteiger partial charge on any atom is -0.442 e. The number of ketones is 1. The largest absolute Gasteiger partial charge is 0.442 e. The Kier molecular flexibility index (Phi) is 7.94. The van der Waals surface area contributed by atoms with Gasteiger partial charge in [0.2, 0.25) is 0 Å². The normalized spacial score (nSPS) is 11.0. The fraction of sp³-hybridized carbons (Fsp3) is 0.107. The zero-order chi connectivity index (χ0) is 30.8. The monoisotopic (exact) mass is 574 g/mol. The van der Waals surface area contributed by atoms with E-state index in [2.05, 4.69) is 0 Å². The molecule has 4 aromatic rings. The van der Waals surface area contributed by atoms with E-state index in [0.717, 1.165) is 6.92 Å². The minimum atomic E-state index is -2.35. The first kappa shape index (κ1) is 29.3. The van der Waals surface area contributed by atoms with Gasteiger partial charge < -0.3 is 19.8 Å². The van der Waals surface area contributed by atoms with Crippen LogP contribution in [0.25, 0.3) is 0 Å². The highest BCUT2D eigenvalue weighted by molar-refractivity contribution is 5.94. The van der Waals surface area contributed by atoms with Crippen molar-refractivity contribution < 1.29 is 34.5 Å². The Morgan fingerprint density at radius 1 is 0.786 bits per heavy atom. The second-order valence-corrected chi connectivity index (χ2v) is 9.16. The van der Waals surface area contributed by atoms with Gasteiger partial charge in [0.15, 0.2) is 17.3 Å². The fourth-order valence-corrected chi connectivity index (χ4v) is 4.10. The number of carbonyl (C=O) groups is 1. The van der Waals surface area contributed by atoms with Crippen molar-refractivity contribution in [3.63, 3.8) is 0 Å². The Labute approximate surface area is 237 Å². The standard InChI is InChI=1S/C28H22N4O10/c1-17(33)18-8-11-21(12-9-18)29(20-6-4-3-5-7-20)23-14-19(28(2,34)35)10-13-26(23)42-27-24(31(38)39)15-22(30(36)37)16-25(27)32(40)41/h3-16,34-35H,1-2H3. The predicted molar refractivity (Wildman–Crippen MR) is 149 cm³/mol. The number of hydrogen-bond donors (Lipinski definition) is 2. The Hall–Kier alpha value is -5.73. The Morgan fingerprint density at radius 2 is 1.33 bits per heavy atom. The second-order valence-electron chi connectivity index (χ2n) is 9.16. The summed E-state index contributed by atoms with van der Waals surface area (Å²) in [6, 6.07) is 19.8. The average molecular weight is 575 g/mol. The van der Waals surface area contributed by atoms with Crippen molar-refractivity contribution in [2.45, 2.75) is 19.6 Å². The third kappa shape index (κ3) is 6.04. The first-order chi connectivity index (χ1) is 19.8. The van der Waals surface area contributed by atoms with Gasteiger partial charge in [-0.2, -0.15) is 0 Å². The Balaban J connectivity index is 2.02. The number of nitro benzene ring substituents is 3. The Bertz CT molecular complexity index is 1670. The molecule has 2 N–H and O–H groups in total. The number of Topliss-reactive ketones (excluding diaryl/α,β-unsaturated/α-hetero) is 1. The Morgan fingerprint density at radius 3 is 1.81 bits per heavy atom. The molecular weight excluding hydrogens is 552 g/mol. The van der Waals surface area contributed by atoms with E-state index in [4.69, 9.17) is 4.74 Å². The summed E-state index contributed by atoms with van der Waals surface area (Å²) >= 11 is 0. The third-order valence-electron chi connectivity index (χ3n) is 6.14. The number of rotatable bonds is 10. The molecule has 214 valence electrons. The smallest absolute Gasteiger partial charge is 0.325 e. The SMILES string of the molecule is CC(=O)c1ccc(N(c2ccccc2)c2cc(C(C)(O)O)ccc2Oc2c([N+](=O)[O-])cc([N+](=O)[O-])cc2[N+](=O)[O-])cc1. The molecule has 0 unspecified atom stereocenters. The van der Waals surface area contributed by atoms with Gasteiger partial charge in [-0.25, -0.2) is 0 Å². The lowest BCUT2D eigenvalue weighted by molar-refractivity contribution is -0.404. The van der Waals surface area contributed by atoms with Crippen LogP contribution in [0.1, 0.15) is 29.8 Å². The molecule has 14 heteroatoms. The molecule has 0 aliphatic carbocycles. The van der Waals surface area contributed by atoms with Crippen molar-refractivity contribution in [2.75, 3.05) is 4.90 Å². The van der Waals surface area contributed by atoms with E-state index in [1.165, 1.54) is 25.1 Å². The average Bonchev–Trinajstić information content (AvgIpc) is 2.94. The molecule has 14 nitrogen and oxygen atoms in total. The number of para-hydroxylation sites is 1. The molecular formula is C28H22N4O10. The van der Waals surface area contributed by atoms with Crippen LogP contribution in [0.4, 0.5) is 34.1 Å². The highest BCUT2D eigenvalue weighted by Crippen LogP contribution is 2.48. The van der Waals surface area contributed by atoms with Crippen LogP contribution in [0.2, 0.25) is 0 Å². The predicted octanol–water partition coefficient (Wildman–Crippen LogP) is 6.03. The van der Waals surface area contributed by atoms with E-state index in [-0.39, 0.29) is 22.8 Å². The molecule has 0 amide bonds. The van der Waals surface area contributed by atoms with Gasteiger partial charge in [0.25, 0.3) is 11.4 Å². The van der Waals surface area contributed by atoms with Crippen molar-refractivity contribution in [1.82, 2.24) is 0 Å². The van der Waals surface area contributed by atoms with Crippen LogP contribution in [0.3, 0.4) is 0 Å². The quantitative estimate of drug-likeness (QED) is 0.0969. The number of aliphatic hydroxyl groups is 2. The molecule has 0 atom stereocenters. The highest BCUT2D eigenvalue weighted by Gasteiger charge is 2.34. The maximum atomic E-state index is 11.9. The maximum Gasteiger partial charge on any atom is 0.325 e. The molecule has 0 saturated heterocycles. The lowest BCUT2D eigenvalue weighted by Crippen LogP contribution is -2.21. The van der Waals surface area contributed by atoms with Crippen LogP contribution in [0.15, 0.2) is 84.9 Å². The third-order valence-corrected chi connectivity index (χ3v) is 6.14. The fourth-order valence-electron chi connectivity index (χ4n) is 4.10. The molecule has 4 rings (SSSR count). The van der Waals surface area contributed by atoms with Gasteiger partial charge in [0.1, 0.15) is 0 Å². The van der Waals surface area contributed by atoms with Gasteiger partial charge in [0, 0.05) is 22.5 Å². The lowest BCUT2D eigenvalue weighted by Gasteiger charge is -2.29. The molecule has 0 radical (unpaired) electrons. The van der Waals surface area contributed by atoms with Crippen LogP contribution in [0, 0.1) is 30.3 Å². The summed E-state index contributed by atoms with van der Waals surface area (Å²) in [6.07, 6.45) is 0. The maximum absolute atomic E-state index is 11.9. The summed E-state index contributed by atoms with van der Waals surface area (Å²) in [6.45, 7) is 2.50. The molecule has 42 heavy (non-hydrogen) atoms. The highest BCUT2D eigenvalue weighted by atomic mass is 16.6. The van der Waals surface area contributed by atoms with E-state index >= 15 is 0 Å². The number of carbonyl (C=O) groups excluding carboxylic acids is 1. The molecule has 0 aliphatic rings. The summed E-state index contributed by atoms with van der Waals surface area (Å²) in [5.41, 5.74) is -1.56. The van der Waals surface area contributed by atoms with Gasteiger partial charge >= 0.3 is 11.4 Å². The number of ether oxygens (including phenoxy) is 1. The topological polar surface area (TPSA) is 199 Å². The summed E-state index contributed by atoms with van der Waals surface area (Å²) in [5.74, 6) is -3.62. The van der Waals surface area contributed by atoms with E-state index in [1.807, 2.05) is 0 Å². The first-order valence-electron chi connectivity index (χ1n) is 12.1. The molecule has 0 heterocycles. The molecule has 0 bridgehead atoms. The van der Waals surface area contributed by atoms with Crippen molar-refractivity contribution >= 4 is 39.9 Å². The number of benzene rings is 4. The van der Waals surface area contributed by atoms with Gasteiger partial charge in [-0.3, -0.25) is 35.1 Å². The van der Waals surface area contributed by atoms with E-state index in [0.29, 0.717) is 29.1 Å². The van der Waals surface area contributed by atoms with Gasteiger partial charge in [-0.15, -0.1) is 0 Å². The number of hydrogen-bond acceptors (Lipinski definition) is 11. The number of nitro groups is 3.